The number of ether oxygens (including phenoxy) is 1. The van der Waals surface area contributed by atoms with Crippen LogP contribution in [0, 0.1) is 17.5 Å². The van der Waals surface area contributed by atoms with Gasteiger partial charge in [-0.05, 0) is 36.4 Å². The molecule has 0 aromatic heterocycles. The maximum Gasteiger partial charge on any atom is 0.322 e. The second kappa shape index (κ2) is 10.1. The summed E-state index contributed by atoms with van der Waals surface area (Å²) in [5.74, 6) is -3.08. The summed E-state index contributed by atoms with van der Waals surface area (Å²) >= 11 is 0. The van der Waals surface area contributed by atoms with E-state index in [1.165, 1.54) is 41.2 Å². The van der Waals surface area contributed by atoms with Crippen molar-refractivity contribution < 1.29 is 32.3 Å². The van der Waals surface area contributed by atoms with Crippen LogP contribution in [0.2, 0.25) is 0 Å². The van der Waals surface area contributed by atoms with Crippen LogP contribution in [0.4, 0.5) is 29.3 Å². The molecule has 1 saturated heterocycles. The van der Waals surface area contributed by atoms with Gasteiger partial charge in [0.15, 0.2) is 0 Å². The molecule has 2 aromatic carbocycles. The van der Waals surface area contributed by atoms with Crippen LogP contribution in [0.1, 0.15) is 0 Å². The highest BCUT2D eigenvalue weighted by Crippen LogP contribution is 2.20. The number of nitrogens with zero attached hydrogens (tertiary/aromatic N) is 3. The van der Waals surface area contributed by atoms with Crippen molar-refractivity contribution in [2.24, 2.45) is 0 Å². The average Bonchev–Trinajstić information content (AvgIpc) is 3.15. The Morgan fingerprint density at radius 1 is 1.09 bits per heavy atom. The Morgan fingerprint density at radius 3 is 2.44 bits per heavy atom. The highest BCUT2D eigenvalue weighted by atomic mass is 19.1. The molecule has 0 atom stereocenters. The predicted octanol–water partition coefficient (Wildman–Crippen LogP) is 2.42. The summed E-state index contributed by atoms with van der Waals surface area (Å²) in [7, 11) is 1.41. The Kier molecular flexibility index (Phi) is 7.31. The molecule has 0 aliphatic carbocycles. The van der Waals surface area contributed by atoms with Crippen molar-refractivity contribution in [1.29, 1.82) is 0 Å². The number of carbonyl (C=O) groups is 3. The SMILES string of the molecule is COCCN(CC(=O)N1CC(=O)N(c2ccc(F)cc2)C1)C(=O)Nc1ccc(F)cc1F. The van der Waals surface area contributed by atoms with Crippen LogP contribution in [0.25, 0.3) is 0 Å². The van der Waals surface area contributed by atoms with Crippen molar-refractivity contribution >= 4 is 29.2 Å². The van der Waals surface area contributed by atoms with E-state index in [-0.39, 0.29) is 38.0 Å². The monoisotopic (exact) mass is 450 g/mol. The third-order valence-corrected chi connectivity index (χ3v) is 4.78. The molecule has 3 rings (SSSR count). The lowest BCUT2D eigenvalue weighted by atomic mass is 10.3. The molecule has 1 aliphatic heterocycles. The van der Waals surface area contributed by atoms with Crippen molar-refractivity contribution in [3.8, 4) is 0 Å². The lowest BCUT2D eigenvalue weighted by Crippen LogP contribution is -2.45. The third-order valence-electron chi connectivity index (χ3n) is 4.78. The molecule has 170 valence electrons. The lowest BCUT2D eigenvalue weighted by molar-refractivity contribution is -0.132. The standard InChI is InChI=1S/C21H21F3N4O4/c1-32-9-8-26(21(31)25-18-7-4-15(23)10-17(18)24)11-19(29)27-12-20(30)28(13-27)16-5-2-14(22)3-6-16/h2-7,10H,8-9,11-13H2,1H3,(H,25,31). The summed E-state index contributed by atoms with van der Waals surface area (Å²) < 4.78 is 45.0. The van der Waals surface area contributed by atoms with Crippen LogP contribution in [0.5, 0.6) is 0 Å². The average molecular weight is 450 g/mol. The molecule has 0 saturated carbocycles. The zero-order valence-electron chi connectivity index (χ0n) is 17.2. The lowest BCUT2D eigenvalue weighted by Gasteiger charge is -2.25. The van der Waals surface area contributed by atoms with E-state index < -0.39 is 35.9 Å². The molecule has 32 heavy (non-hydrogen) atoms. The molecule has 0 bridgehead atoms. The van der Waals surface area contributed by atoms with Crippen LogP contribution in [-0.2, 0) is 14.3 Å². The van der Waals surface area contributed by atoms with Gasteiger partial charge in [-0.2, -0.15) is 0 Å². The van der Waals surface area contributed by atoms with Gasteiger partial charge in [0, 0.05) is 25.4 Å². The minimum atomic E-state index is -0.962. The van der Waals surface area contributed by atoms with E-state index in [0.29, 0.717) is 11.8 Å². The van der Waals surface area contributed by atoms with Gasteiger partial charge in [0.25, 0.3) is 0 Å². The summed E-state index contributed by atoms with van der Waals surface area (Å²) in [6, 6.07) is 7.16. The van der Waals surface area contributed by atoms with Crippen molar-refractivity contribution in [3.63, 3.8) is 0 Å². The van der Waals surface area contributed by atoms with Crippen LogP contribution < -0.4 is 10.2 Å². The molecule has 0 unspecified atom stereocenters. The van der Waals surface area contributed by atoms with Crippen molar-refractivity contribution in [1.82, 2.24) is 9.80 Å². The van der Waals surface area contributed by atoms with E-state index in [9.17, 15) is 27.6 Å². The third kappa shape index (κ3) is 5.55. The fraction of sp³-hybridized carbons (Fsp3) is 0.286. The number of nitrogens with one attached hydrogen (secondary N) is 1. The Hall–Kier alpha value is -3.60. The van der Waals surface area contributed by atoms with Gasteiger partial charge in [-0.3, -0.25) is 14.5 Å². The minimum absolute atomic E-state index is 0.0142. The smallest absolute Gasteiger partial charge is 0.322 e. The zero-order chi connectivity index (χ0) is 23.3. The Morgan fingerprint density at radius 2 is 1.78 bits per heavy atom. The molecular formula is C21H21F3N4O4. The van der Waals surface area contributed by atoms with Crippen LogP contribution in [-0.4, -0.2) is 67.7 Å². The Bertz CT molecular complexity index is 1000. The summed E-state index contributed by atoms with van der Waals surface area (Å²) in [5.41, 5.74) is 0.192. The van der Waals surface area contributed by atoms with E-state index in [0.717, 1.165) is 17.0 Å². The first-order chi connectivity index (χ1) is 15.3. The number of benzene rings is 2. The fourth-order valence-electron chi connectivity index (χ4n) is 3.06. The van der Waals surface area contributed by atoms with Gasteiger partial charge in [0.05, 0.1) is 12.3 Å². The molecule has 11 heteroatoms. The highest BCUT2D eigenvalue weighted by molar-refractivity contribution is 6.01. The number of amides is 4. The Labute approximate surface area is 182 Å². The van der Waals surface area contributed by atoms with Gasteiger partial charge in [0.1, 0.15) is 37.2 Å². The van der Waals surface area contributed by atoms with Crippen LogP contribution in [0.15, 0.2) is 42.5 Å². The molecule has 8 nitrogen and oxygen atoms in total. The molecule has 1 fully saturated rings. The molecule has 0 spiro atoms. The first kappa shape index (κ1) is 23.1. The number of halogens is 3. The van der Waals surface area contributed by atoms with Gasteiger partial charge in [0.2, 0.25) is 11.8 Å². The van der Waals surface area contributed by atoms with Crippen LogP contribution >= 0.6 is 0 Å². The van der Waals surface area contributed by atoms with Crippen LogP contribution in [0.3, 0.4) is 0 Å². The summed E-state index contributed by atoms with van der Waals surface area (Å²) in [6.07, 6.45) is 0. The van der Waals surface area contributed by atoms with Crippen molar-refractivity contribution in [2.45, 2.75) is 0 Å². The van der Waals surface area contributed by atoms with Crippen molar-refractivity contribution in [3.05, 3.63) is 59.9 Å². The zero-order valence-corrected chi connectivity index (χ0v) is 17.2. The molecule has 1 heterocycles. The number of urea groups is 1. The minimum Gasteiger partial charge on any atom is -0.383 e. The largest absolute Gasteiger partial charge is 0.383 e. The molecule has 1 aliphatic rings. The van der Waals surface area contributed by atoms with E-state index >= 15 is 0 Å². The molecular weight excluding hydrogens is 429 g/mol. The second-order valence-corrected chi connectivity index (χ2v) is 7.00. The van der Waals surface area contributed by atoms with Gasteiger partial charge in [-0.15, -0.1) is 0 Å². The number of methoxy groups -OCH3 is 1. The molecule has 4 amide bonds. The quantitative estimate of drug-likeness (QED) is 0.703. The van der Waals surface area contributed by atoms with Gasteiger partial charge in [-0.1, -0.05) is 0 Å². The number of anilines is 2. The first-order valence-corrected chi connectivity index (χ1v) is 9.62. The number of hydrogen-bond acceptors (Lipinski definition) is 4. The molecule has 2 aromatic rings. The topological polar surface area (TPSA) is 82.2 Å². The van der Waals surface area contributed by atoms with Gasteiger partial charge < -0.3 is 19.9 Å². The van der Waals surface area contributed by atoms with E-state index in [1.807, 2.05) is 0 Å². The van der Waals surface area contributed by atoms with Gasteiger partial charge >= 0.3 is 6.03 Å². The van der Waals surface area contributed by atoms with Gasteiger partial charge in [-0.25, -0.2) is 18.0 Å². The number of carbonyl (C=O) groups excluding carboxylic acids is 3. The first-order valence-electron chi connectivity index (χ1n) is 9.62. The number of hydrogen-bond donors (Lipinski definition) is 1. The van der Waals surface area contributed by atoms with E-state index in [2.05, 4.69) is 5.32 Å². The summed E-state index contributed by atoms with van der Waals surface area (Å²) in [4.78, 5) is 41.4. The normalized spacial score (nSPS) is 13.4. The van der Waals surface area contributed by atoms with E-state index in [1.54, 1.807) is 0 Å². The second-order valence-electron chi connectivity index (χ2n) is 7.00. The fourth-order valence-corrected chi connectivity index (χ4v) is 3.06. The maximum atomic E-state index is 13.9. The summed E-state index contributed by atoms with van der Waals surface area (Å²) in [6.45, 7) is -0.547. The summed E-state index contributed by atoms with van der Waals surface area (Å²) in [5, 5.41) is 2.30. The number of rotatable bonds is 7. The van der Waals surface area contributed by atoms with E-state index in [4.69, 9.17) is 4.74 Å². The Balaban J connectivity index is 1.66. The maximum absolute atomic E-state index is 13.9. The molecule has 0 radical (unpaired) electrons. The molecule has 1 N–H and O–H groups in total. The predicted molar refractivity (Wildman–Crippen MR) is 109 cm³/mol. The highest BCUT2D eigenvalue weighted by Gasteiger charge is 2.33. The van der Waals surface area contributed by atoms with Crippen molar-refractivity contribution in [2.75, 3.05) is 50.2 Å².